The van der Waals surface area contributed by atoms with Gasteiger partial charge in [-0.25, -0.2) is 8.42 Å². The molecule has 3 rings (SSSR count). The third-order valence-corrected chi connectivity index (χ3v) is 6.13. The first-order chi connectivity index (χ1) is 15.8. The van der Waals surface area contributed by atoms with Crippen molar-refractivity contribution in [3.8, 4) is 11.8 Å². The maximum Gasteiger partial charge on any atom is 0.416 e. The zero-order valence-corrected chi connectivity index (χ0v) is 18.8. The number of benzene rings is 2. The van der Waals surface area contributed by atoms with Crippen molar-refractivity contribution in [1.29, 1.82) is 5.26 Å². The maximum absolute atomic E-state index is 13.1. The number of amides is 1. The lowest BCUT2D eigenvalue weighted by atomic mass is 10.1. The third-order valence-electron chi connectivity index (χ3n) is 4.97. The van der Waals surface area contributed by atoms with Gasteiger partial charge in [-0.1, -0.05) is 12.1 Å². The van der Waals surface area contributed by atoms with Gasteiger partial charge in [-0.15, -0.1) is 0 Å². The van der Waals surface area contributed by atoms with E-state index in [0.717, 1.165) is 23.0 Å². The molecule has 176 valence electrons. The van der Waals surface area contributed by atoms with Crippen LogP contribution in [0.5, 0.6) is 0 Å². The SMILES string of the molecule is Cc1ccc(C(=O)NCc2ccc(S(C)(=O)=O)c(C#N)c2)c(=O)n1-c1cccc(C(F)(F)F)c1. The predicted molar refractivity (Wildman–Crippen MR) is 117 cm³/mol. The number of alkyl halides is 3. The standard InChI is InChI=1S/C23H18F3N3O4S/c1-14-6-8-19(22(31)29(14)18-5-3-4-17(11-18)23(24,25)26)21(30)28-13-15-7-9-20(34(2,32)33)16(10-15)12-27/h3-11H,13H2,1-2H3,(H,28,30). The minimum atomic E-state index is -4.60. The highest BCUT2D eigenvalue weighted by Crippen LogP contribution is 2.30. The summed E-state index contributed by atoms with van der Waals surface area (Å²) in [5.74, 6) is -0.781. The number of halogens is 3. The summed E-state index contributed by atoms with van der Waals surface area (Å²) in [4.78, 5) is 25.5. The van der Waals surface area contributed by atoms with Crippen LogP contribution >= 0.6 is 0 Å². The van der Waals surface area contributed by atoms with Crippen LogP contribution in [-0.4, -0.2) is 25.1 Å². The molecule has 0 aliphatic heterocycles. The number of nitriles is 1. The average Bonchev–Trinajstić information content (AvgIpc) is 2.76. The first-order valence-corrected chi connectivity index (χ1v) is 11.6. The van der Waals surface area contributed by atoms with E-state index in [4.69, 9.17) is 0 Å². The second-order valence-corrected chi connectivity index (χ2v) is 9.46. The number of carbonyl (C=O) groups is 1. The van der Waals surface area contributed by atoms with Gasteiger partial charge in [-0.3, -0.25) is 14.2 Å². The molecule has 0 saturated carbocycles. The van der Waals surface area contributed by atoms with Gasteiger partial charge in [0.25, 0.3) is 11.5 Å². The minimum Gasteiger partial charge on any atom is -0.348 e. The largest absolute Gasteiger partial charge is 0.416 e. The molecule has 0 aliphatic carbocycles. The molecule has 7 nitrogen and oxygen atoms in total. The van der Waals surface area contributed by atoms with E-state index < -0.39 is 33.0 Å². The number of aryl methyl sites for hydroxylation is 1. The van der Waals surface area contributed by atoms with Gasteiger partial charge in [-0.2, -0.15) is 18.4 Å². The third kappa shape index (κ3) is 5.18. The maximum atomic E-state index is 13.1. The average molecular weight is 489 g/mol. The lowest BCUT2D eigenvalue weighted by Crippen LogP contribution is -2.33. The summed E-state index contributed by atoms with van der Waals surface area (Å²) in [5.41, 5.74) is -1.41. The zero-order valence-electron chi connectivity index (χ0n) is 18.0. The molecule has 1 N–H and O–H groups in total. The molecule has 34 heavy (non-hydrogen) atoms. The van der Waals surface area contributed by atoms with E-state index in [1.54, 1.807) is 6.07 Å². The van der Waals surface area contributed by atoms with Crippen LogP contribution in [0.4, 0.5) is 13.2 Å². The van der Waals surface area contributed by atoms with Crippen LogP contribution in [0.3, 0.4) is 0 Å². The first-order valence-electron chi connectivity index (χ1n) is 9.74. The molecule has 1 aromatic heterocycles. The van der Waals surface area contributed by atoms with Gasteiger partial charge in [0.15, 0.2) is 9.84 Å². The van der Waals surface area contributed by atoms with Crippen LogP contribution in [0.1, 0.15) is 32.7 Å². The Morgan fingerprint density at radius 3 is 2.44 bits per heavy atom. The molecular weight excluding hydrogens is 471 g/mol. The monoisotopic (exact) mass is 489 g/mol. The summed E-state index contributed by atoms with van der Waals surface area (Å²) < 4.78 is 63.8. The number of hydrogen-bond acceptors (Lipinski definition) is 5. The Bertz CT molecular complexity index is 1490. The Kier molecular flexibility index (Phi) is 6.65. The molecule has 3 aromatic rings. The summed E-state index contributed by atoms with van der Waals surface area (Å²) in [6.45, 7) is 1.41. The van der Waals surface area contributed by atoms with E-state index >= 15 is 0 Å². The van der Waals surface area contributed by atoms with Gasteiger partial charge in [0.2, 0.25) is 0 Å². The molecule has 0 bridgehead atoms. The van der Waals surface area contributed by atoms with Crippen LogP contribution in [0, 0.1) is 18.3 Å². The van der Waals surface area contributed by atoms with Crippen LogP contribution in [0.25, 0.3) is 5.69 Å². The van der Waals surface area contributed by atoms with Crippen molar-refractivity contribution in [2.24, 2.45) is 0 Å². The quantitative estimate of drug-likeness (QED) is 0.591. The van der Waals surface area contributed by atoms with Crippen LogP contribution in [0.2, 0.25) is 0 Å². The minimum absolute atomic E-state index is 0.0398. The van der Waals surface area contributed by atoms with Gasteiger partial charge in [0.05, 0.1) is 16.0 Å². The smallest absolute Gasteiger partial charge is 0.348 e. The molecule has 2 aromatic carbocycles. The topological polar surface area (TPSA) is 109 Å². The van der Waals surface area contributed by atoms with E-state index in [-0.39, 0.29) is 28.3 Å². The molecule has 0 fully saturated rings. The molecule has 11 heteroatoms. The van der Waals surface area contributed by atoms with Gasteiger partial charge in [0.1, 0.15) is 11.6 Å². The fraction of sp³-hybridized carbons (Fsp3) is 0.174. The summed E-state index contributed by atoms with van der Waals surface area (Å²) >= 11 is 0. The summed E-state index contributed by atoms with van der Waals surface area (Å²) in [7, 11) is -3.61. The van der Waals surface area contributed by atoms with Crippen molar-refractivity contribution in [1.82, 2.24) is 9.88 Å². The molecule has 0 saturated heterocycles. The second kappa shape index (κ2) is 9.15. The Morgan fingerprint density at radius 2 is 1.82 bits per heavy atom. The zero-order chi connectivity index (χ0) is 25.3. The molecule has 0 spiro atoms. The summed E-state index contributed by atoms with van der Waals surface area (Å²) in [6.07, 6.45) is -3.63. The van der Waals surface area contributed by atoms with Gasteiger partial charge >= 0.3 is 6.18 Å². The Morgan fingerprint density at radius 1 is 1.12 bits per heavy atom. The molecule has 1 heterocycles. The predicted octanol–water partition coefficient (Wildman–Crippen LogP) is 3.37. The number of nitrogens with zero attached hydrogens (tertiary/aromatic N) is 2. The normalized spacial score (nSPS) is 11.6. The lowest BCUT2D eigenvalue weighted by molar-refractivity contribution is -0.137. The van der Waals surface area contributed by atoms with Gasteiger partial charge in [0, 0.05) is 24.2 Å². The van der Waals surface area contributed by atoms with Crippen LogP contribution in [0.15, 0.2) is 64.3 Å². The van der Waals surface area contributed by atoms with E-state index in [0.29, 0.717) is 11.3 Å². The van der Waals surface area contributed by atoms with E-state index in [1.165, 1.54) is 49.4 Å². The number of sulfone groups is 1. The molecular formula is C23H18F3N3O4S. The molecule has 0 atom stereocenters. The highest BCUT2D eigenvalue weighted by molar-refractivity contribution is 7.90. The van der Waals surface area contributed by atoms with Gasteiger partial charge < -0.3 is 5.32 Å². The van der Waals surface area contributed by atoms with Gasteiger partial charge in [-0.05, 0) is 55.0 Å². The second-order valence-electron chi connectivity index (χ2n) is 7.47. The van der Waals surface area contributed by atoms with Crippen LogP contribution < -0.4 is 10.9 Å². The summed E-state index contributed by atoms with van der Waals surface area (Å²) in [5, 5.41) is 11.7. The number of pyridine rings is 1. The number of rotatable bonds is 5. The number of nitrogens with one attached hydrogen (secondary N) is 1. The number of aromatic nitrogens is 1. The van der Waals surface area contributed by atoms with E-state index in [2.05, 4.69) is 5.32 Å². The number of carbonyl (C=O) groups excluding carboxylic acids is 1. The molecule has 1 amide bonds. The van der Waals surface area contributed by atoms with Crippen molar-refractivity contribution in [2.75, 3.05) is 6.26 Å². The van der Waals surface area contributed by atoms with Crippen molar-refractivity contribution in [3.63, 3.8) is 0 Å². The lowest BCUT2D eigenvalue weighted by Gasteiger charge is -2.14. The molecule has 0 radical (unpaired) electrons. The number of hydrogen-bond donors (Lipinski definition) is 1. The van der Waals surface area contributed by atoms with E-state index in [1.807, 2.05) is 0 Å². The van der Waals surface area contributed by atoms with E-state index in [9.17, 15) is 36.4 Å². The van der Waals surface area contributed by atoms with Crippen molar-refractivity contribution < 1.29 is 26.4 Å². The first kappa shape index (κ1) is 24.7. The summed E-state index contributed by atoms with van der Waals surface area (Å²) in [6, 6.07) is 12.7. The molecule has 0 unspecified atom stereocenters. The fourth-order valence-electron chi connectivity index (χ4n) is 3.32. The fourth-order valence-corrected chi connectivity index (χ4v) is 4.14. The molecule has 0 aliphatic rings. The Balaban J connectivity index is 1.91. The van der Waals surface area contributed by atoms with Crippen molar-refractivity contribution in [2.45, 2.75) is 24.5 Å². The Hall–Kier alpha value is -3.91. The van der Waals surface area contributed by atoms with Crippen molar-refractivity contribution in [3.05, 3.63) is 92.9 Å². The van der Waals surface area contributed by atoms with Crippen LogP contribution in [-0.2, 0) is 22.6 Å². The highest BCUT2D eigenvalue weighted by Gasteiger charge is 2.30. The highest BCUT2D eigenvalue weighted by atomic mass is 32.2. The van der Waals surface area contributed by atoms with Crippen molar-refractivity contribution >= 4 is 15.7 Å². The Labute approximate surface area is 193 Å².